The molecule has 0 saturated heterocycles. The Morgan fingerprint density at radius 1 is 1.46 bits per heavy atom. The predicted molar refractivity (Wildman–Crippen MR) is 60.0 cm³/mol. The van der Waals surface area contributed by atoms with Crippen LogP contribution in [-0.2, 0) is 0 Å². The maximum Gasteiger partial charge on any atom is 0.0548 e. The summed E-state index contributed by atoms with van der Waals surface area (Å²) in [7, 11) is 0. The van der Waals surface area contributed by atoms with Crippen molar-refractivity contribution in [1.29, 1.82) is 0 Å². The summed E-state index contributed by atoms with van der Waals surface area (Å²) in [4.78, 5) is 4.61. The molecule has 76 valence electrons. The summed E-state index contributed by atoms with van der Waals surface area (Å²) in [6, 6.07) is 0.378. The van der Waals surface area contributed by atoms with Crippen molar-refractivity contribution in [2.24, 2.45) is 16.1 Å². The van der Waals surface area contributed by atoms with Gasteiger partial charge in [0.1, 0.15) is 0 Å². The Morgan fingerprint density at radius 3 is 2.31 bits per heavy atom. The van der Waals surface area contributed by atoms with Crippen molar-refractivity contribution in [2.75, 3.05) is 0 Å². The molecule has 0 aromatic rings. The average Bonchev–Trinajstić information content (AvgIpc) is 1.98. The Labute approximate surface area is 81.9 Å². The van der Waals surface area contributed by atoms with Gasteiger partial charge in [-0.3, -0.25) is 4.99 Å². The summed E-state index contributed by atoms with van der Waals surface area (Å²) in [5.74, 6) is 0. The maximum absolute atomic E-state index is 5.29. The Bertz CT molecular complexity index is 197. The van der Waals surface area contributed by atoms with E-state index in [2.05, 4.69) is 32.7 Å². The highest BCUT2D eigenvalue weighted by Crippen LogP contribution is 2.24. The van der Waals surface area contributed by atoms with E-state index < -0.39 is 0 Å². The minimum Gasteiger partial charge on any atom is -0.405 e. The molecule has 2 heteroatoms. The summed E-state index contributed by atoms with van der Waals surface area (Å²) in [5, 5.41) is 0. The van der Waals surface area contributed by atoms with E-state index in [1.807, 2.05) is 13.0 Å². The van der Waals surface area contributed by atoms with E-state index in [9.17, 15) is 0 Å². The molecule has 2 nitrogen and oxygen atoms in total. The highest BCUT2D eigenvalue weighted by Gasteiger charge is 2.21. The Kier molecular flexibility index (Phi) is 4.74. The lowest BCUT2D eigenvalue weighted by molar-refractivity contribution is 0.315. The SMILES string of the molecule is CCC(/N=C(C)\C=C/N)C(C)(C)C. The van der Waals surface area contributed by atoms with Crippen molar-refractivity contribution in [3.63, 3.8) is 0 Å². The van der Waals surface area contributed by atoms with Gasteiger partial charge in [0.15, 0.2) is 0 Å². The molecule has 0 bridgehead atoms. The molecule has 0 aliphatic rings. The highest BCUT2D eigenvalue weighted by atomic mass is 14.8. The topological polar surface area (TPSA) is 38.4 Å². The van der Waals surface area contributed by atoms with E-state index in [0.717, 1.165) is 12.1 Å². The maximum atomic E-state index is 5.29. The summed E-state index contributed by atoms with van der Waals surface area (Å²) in [5.41, 5.74) is 6.53. The molecule has 0 aromatic carbocycles. The fourth-order valence-electron chi connectivity index (χ4n) is 1.33. The molecule has 0 radical (unpaired) electrons. The van der Waals surface area contributed by atoms with Gasteiger partial charge in [-0.1, -0.05) is 27.7 Å². The van der Waals surface area contributed by atoms with Crippen molar-refractivity contribution in [1.82, 2.24) is 0 Å². The molecule has 0 amide bonds. The van der Waals surface area contributed by atoms with Gasteiger partial charge in [-0.05, 0) is 31.0 Å². The summed E-state index contributed by atoms with van der Waals surface area (Å²) < 4.78 is 0. The van der Waals surface area contributed by atoms with Crippen LogP contribution in [0.1, 0.15) is 41.0 Å². The van der Waals surface area contributed by atoms with Gasteiger partial charge in [-0.2, -0.15) is 0 Å². The molecule has 0 rings (SSSR count). The van der Waals surface area contributed by atoms with Crippen molar-refractivity contribution < 1.29 is 0 Å². The van der Waals surface area contributed by atoms with Gasteiger partial charge in [-0.15, -0.1) is 0 Å². The third kappa shape index (κ3) is 4.71. The number of nitrogens with zero attached hydrogens (tertiary/aromatic N) is 1. The van der Waals surface area contributed by atoms with Crippen LogP contribution in [0.4, 0.5) is 0 Å². The van der Waals surface area contributed by atoms with Gasteiger partial charge in [0.25, 0.3) is 0 Å². The quantitative estimate of drug-likeness (QED) is 0.670. The van der Waals surface area contributed by atoms with Gasteiger partial charge in [0.05, 0.1) is 6.04 Å². The number of rotatable bonds is 3. The number of hydrogen-bond acceptors (Lipinski definition) is 2. The van der Waals surface area contributed by atoms with Crippen LogP contribution in [0.2, 0.25) is 0 Å². The van der Waals surface area contributed by atoms with Crippen molar-refractivity contribution in [2.45, 2.75) is 47.1 Å². The Balaban J connectivity index is 4.53. The molecule has 0 fully saturated rings. The molecular formula is C11H22N2. The molecule has 0 aliphatic carbocycles. The number of aliphatic imine (C=N–C) groups is 1. The summed E-state index contributed by atoms with van der Waals surface area (Å²) in [6.45, 7) is 10.8. The largest absolute Gasteiger partial charge is 0.405 e. The van der Waals surface area contributed by atoms with Gasteiger partial charge >= 0.3 is 0 Å². The van der Waals surface area contributed by atoms with E-state index in [1.54, 1.807) is 0 Å². The Hall–Kier alpha value is -0.790. The minimum absolute atomic E-state index is 0.235. The number of nitrogens with two attached hydrogens (primary N) is 1. The standard InChI is InChI=1S/C11H22N2/c1-6-10(11(3,4)5)13-9(2)7-8-12/h7-8,10H,6,12H2,1-5H3/b8-7-,13-9-. The predicted octanol–water partition coefficient (Wildman–Crippen LogP) is 2.74. The lowest BCUT2D eigenvalue weighted by Crippen LogP contribution is -2.24. The van der Waals surface area contributed by atoms with E-state index in [4.69, 9.17) is 5.73 Å². The van der Waals surface area contributed by atoms with Crippen LogP contribution in [0.15, 0.2) is 17.3 Å². The smallest absolute Gasteiger partial charge is 0.0548 e. The van der Waals surface area contributed by atoms with Crippen molar-refractivity contribution in [3.05, 3.63) is 12.3 Å². The van der Waals surface area contributed by atoms with Crippen molar-refractivity contribution >= 4 is 5.71 Å². The molecule has 0 heterocycles. The molecule has 0 aliphatic heterocycles. The summed E-state index contributed by atoms with van der Waals surface area (Å²) >= 11 is 0. The fourth-order valence-corrected chi connectivity index (χ4v) is 1.33. The molecule has 1 atom stereocenters. The summed E-state index contributed by atoms with van der Waals surface area (Å²) in [6.07, 6.45) is 4.45. The molecular weight excluding hydrogens is 160 g/mol. The Morgan fingerprint density at radius 2 is 2.00 bits per heavy atom. The van der Waals surface area contributed by atoms with Crippen LogP contribution in [0.5, 0.6) is 0 Å². The third-order valence-electron chi connectivity index (χ3n) is 2.08. The average molecular weight is 182 g/mol. The molecule has 0 saturated carbocycles. The fraction of sp³-hybridized carbons (Fsp3) is 0.727. The normalized spacial score (nSPS) is 16.5. The second-order valence-corrected chi connectivity index (χ2v) is 4.42. The number of allylic oxidation sites excluding steroid dienone is 1. The highest BCUT2D eigenvalue weighted by molar-refractivity contribution is 5.92. The van der Waals surface area contributed by atoms with Crippen LogP contribution < -0.4 is 5.73 Å². The lowest BCUT2D eigenvalue weighted by atomic mass is 9.85. The molecule has 0 spiro atoms. The van der Waals surface area contributed by atoms with Crippen LogP contribution in [0.25, 0.3) is 0 Å². The molecule has 1 unspecified atom stereocenters. The lowest BCUT2D eigenvalue weighted by Gasteiger charge is -2.26. The second-order valence-electron chi connectivity index (χ2n) is 4.42. The minimum atomic E-state index is 0.235. The van der Waals surface area contributed by atoms with Crippen LogP contribution >= 0.6 is 0 Å². The van der Waals surface area contributed by atoms with Crippen LogP contribution in [0.3, 0.4) is 0 Å². The molecule has 13 heavy (non-hydrogen) atoms. The first kappa shape index (κ1) is 12.2. The zero-order valence-corrected chi connectivity index (χ0v) is 9.46. The second kappa shape index (κ2) is 5.05. The van der Waals surface area contributed by atoms with Gasteiger partial charge in [0.2, 0.25) is 0 Å². The van der Waals surface area contributed by atoms with E-state index in [0.29, 0.717) is 6.04 Å². The van der Waals surface area contributed by atoms with E-state index >= 15 is 0 Å². The first-order valence-electron chi connectivity index (χ1n) is 4.84. The first-order chi connectivity index (χ1) is 5.91. The van der Waals surface area contributed by atoms with E-state index in [1.165, 1.54) is 6.20 Å². The van der Waals surface area contributed by atoms with Crippen LogP contribution in [-0.4, -0.2) is 11.8 Å². The monoisotopic (exact) mass is 182 g/mol. The first-order valence-corrected chi connectivity index (χ1v) is 4.84. The third-order valence-corrected chi connectivity index (χ3v) is 2.08. The zero-order valence-electron chi connectivity index (χ0n) is 9.46. The van der Waals surface area contributed by atoms with Crippen molar-refractivity contribution in [3.8, 4) is 0 Å². The van der Waals surface area contributed by atoms with E-state index in [-0.39, 0.29) is 5.41 Å². The van der Waals surface area contributed by atoms with Gasteiger partial charge < -0.3 is 5.73 Å². The van der Waals surface area contributed by atoms with Gasteiger partial charge in [-0.25, -0.2) is 0 Å². The molecule has 2 N–H and O–H groups in total. The van der Waals surface area contributed by atoms with Gasteiger partial charge in [0, 0.05) is 5.71 Å². The zero-order chi connectivity index (χ0) is 10.5. The number of hydrogen-bond donors (Lipinski definition) is 1. The van der Waals surface area contributed by atoms with Crippen LogP contribution in [0, 0.1) is 5.41 Å². The molecule has 0 aromatic heterocycles.